The summed E-state index contributed by atoms with van der Waals surface area (Å²) in [6.07, 6.45) is 4.89. The van der Waals surface area contributed by atoms with E-state index in [1.165, 1.54) is 73.4 Å². The molecule has 15 nitrogen and oxygen atoms in total. The molecule has 0 aromatic heterocycles. The van der Waals surface area contributed by atoms with Crippen LogP contribution < -0.4 is 18.9 Å². The van der Waals surface area contributed by atoms with Gasteiger partial charge in [-0.1, -0.05) is 182 Å². The van der Waals surface area contributed by atoms with Crippen LogP contribution in [0.3, 0.4) is 0 Å². The molecule has 0 amide bonds. The Morgan fingerprint density at radius 1 is 0.312 bits per heavy atom. The van der Waals surface area contributed by atoms with Gasteiger partial charge in [0.05, 0.1) is 73.4 Å². The molecule has 5 saturated carbocycles. The molecule has 10 atom stereocenters. The lowest BCUT2D eigenvalue weighted by Crippen LogP contribution is -2.50. The summed E-state index contributed by atoms with van der Waals surface area (Å²) < 4.78 is 45.8. The smallest absolute Gasteiger partial charge is 0.344 e. The first kappa shape index (κ1) is 102. The SMILES string of the molecule is COc1ccc([S+](c2ccccc2)c2ccccc2)cc1.Cc1cc([S+](c2ccccc2)c2ccccc2)cc(C)c1O.Cc1cc([S+](c2ccccc2)c2ccccc2)cc(C)c1OCC(=O)O.Cc1cc([S+](c2ccccc2)c2ccccc2)cc(C)c1OCC(=O)OC1C2CC3CC(C2)C(=O)OC1C3.Cc1cc([S+](c2ccccc2)c2ccccc2)cc(C)c1OCC(=O)OC1C2CCC3C(C2)C(=O)OC31. The average Bonchev–Trinajstić information content (AvgIpc) is 1.59. The third-order valence-electron chi connectivity index (χ3n) is 26.9. The highest BCUT2D eigenvalue weighted by molar-refractivity contribution is 7.98. The number of ether oxygens (including phenoxy) is 8. The summed E-state index contributed by atoms with van der Waals surface area (Å²) >= 11 is 0. The highest BCUT2D eigenvalue weighted by Gasteiger charge is 2.60. The zero-order valence-corrected chi connectivity index (χ0v) is 86.5. The van der Waals surface area contributed by atoms with Gasteiger partial charge in [-0.2, -0.15) is 0 Å². The van der Waals surface area contributed by atoms with Crippen LogP contribution in [0.5, 0.6) is 28.7 Å². The van der Waals surface area contributed by atoms with Crippen LogP contribution in [-0.2, 0) is 97.4 Å². The van der Waals surface area contributed by atoms with Gasteiger partial charge >= 0.3 is 29.8 Å². The number of carboxylic acid groups (broad SMARTS) is 1. The van der Waals surface area contributed by atoms with E-state index in [2.05, 4.69) is 315 Å². The molecular formula is C124H121O15S5+5. The van der Waals surface area contributed by atoms with Crippen molar-refractivity contribution in [3.05, 3.63) is 421 Å². The van der Waals surface area contributed by atoms with Gasteiger partial charge in [0, 0.05) is 66.3 Å². The van der Waals surface area contributed by atoms with Crippen molar-refractivity contribution in [2.24, 2.45) is 35.5 Å². The van der Waals surface area contributed by atoms with E-state index in [4.69, 9.17) is 43.0 Å². The fourth-order valence-electron chi connectivity index (χ4n) is 20.6. The van der Waals surface area contributed by atoms with Crippen molar-refractivity contribution in [2.45, 2.75) is 198 Å². The predicted octanol–water partition coefficient (Wildman–Crippen LogP) is 26.5. The molecule has 732 valence electrons. The predicted molar refractivity (Wildman–Crippen MR) is 570 cm³/mol. The molecule has 8 fully saturated rings. The van der Waals surface area contributed by atoms with Gasteiger partial charge in [0.1, 0.15) is 53.2 Å². The number of methoxy groups -OCH3 is 1. The van der Waals surface area contributed by atoms with E-state index < -0.39 is 17.9 Å². The summed E-state index contributed by atoms with van der Waals surface area (Å²) in [5.74, 6) is 2.39. The molecule has 0 radical (unpaired) electrons. The van der Waals surface area contributed by atoms with Gasteiger partial charge in [0.15, 0.2) is 93.3 Å². The molecule has 5 aliphatic carbocycles. The fraction of sp³-hybridized carbons (Fsp3) is 0.234. The summed E-state index contributed by atoms with van der Waals surface area (Å²) in [7, 11) is 0.723. The number of hydrogen-bond donors (Lipinski definition) is 2. The molecule has 2 N–H and O–H groups in total. The maximum atomic E-state index is 12.9. The van der Waals surface area contributed by atoms with Gasteiger partial charge in [-0.15, -0.1) is 0 Å². The second-order valence-corrected chi connectivity index (χ2v) is 47.2. The third-order valence-corrected chi connectivity index (χ3v) is 37.9. The van der Waals surface area contributed by atoms with Crippen molar-refractivity contribution >= 4 is 84.3 Å². The van der Waals surface area contributed by atoms with Crippen molar-refractivity contribution in [3.63, 3.8) is 0 Å². The lowest BCUT2D eigenvalue weighted by Gasteiger charge is -2.43. The fourth-order valence-corrected chi connectivity index (χ4v) is 31.7. The maximum absolute atomic E-state index is 12.9. The van der Waals surface area contributed by atoms with E-state index in [0.717, 1.165) is 95.2 Å². The summed E-state index contributed by atoms with van der Waals surface area (Å²) in [6.45, 7) is 15.3. The molecule has 10 unspecified atom stereocenters. The van der Waals surface area contributed by atoms with Crippen LogP contribution in [0.4, 0.5) is 0 Å². The van der Waals surface area contributed by atoms with Gasteiger partial charge in [-0.3, -0.25) is 9.59 Å². The van der Waals surface area contributed by atoms with Crippen LogP contribution in [0, 0.1) is 90.9 Å². The first-order chi connectivity index (χ1) is 70.1. The molecule has 20 heteroatoms. The van der Waals surface area contributed by atoms with Crippen molar-refractivity contribution in [1.29, 1.82) is 0 Å². The molecule has 3 aliphatic heterocycles. The molecule has 15 aromatic carbocycles. The zero-order chi connectivity index (χ0) is 100. The highest BCUT2D eigenvalue weighted by Crippen LogP contribution is 2.53. The van der Waals surface area contributed by atoms with Crippen LogP contribution >= 0.6 is 0 Å². The minimum absolute atomic E-state index is 0.00456. The lowest BCUT2D eigenvalue weighted by molar-refractivity contribution is -0.174. The Hall–Kier alpha value is -13.6. The van der Waals surface area contributed by atoms with Crippen molar-refractivity contribution in [1.82, 2.24) is 0 Å². The van der Waals surface area contributed by atoms with Crippen LogP contribution in [0.2, 0.25) is 0 Å². The Bertz CT molecular complexity index is 6570. The number of carboxylic acids is 1. The first-order valence-corrected chi connectivity index (χ1v) is 55.1. The molecule has 23 rings (SSSR count). The summed E-state index contributed by atoms with van der Waals surface area (Å²) in [6, 6.07) is 131. The molecule has 15 aromatic rings. The van der Waals surface area contributed by atoms with Crippen LogP contribution in [0.1, 0.15) is 89.5 Å². The van der Waals surface area contributed by atoms with E-state index in [-0.39, 0.29) is 140 Å². The van der Waals surface area contributed by atoms with Crippen molar-refractivity contribution in [2.75, 3.05) is 26.9 Å². The number of aryl methyl sites for hydroxylation is 8. The van der Waals surface area contributed by atoms with E-state index in [1.807, 2.05) is 116 Å². The molecule has 3 saturated heterocycles. The number of aromatic hydroxyl groups is 1. The number of esters is 4. The Morgan fingerprint density at radius 3 is 0.917 bits per heavy atom. The van der Waals surface area contributed by atoms with Crippen LogP contribution in [-0.4, -0.2) is 91.4 Å². The normalized spacial score (nSPS) is 18.5. The number of carbonyl (C=O) groups is 5. The van der Waals surface area contributed by atoms with Gasteiger partial charge in [0.2, 0.25) is 0 Å². The summed E-state index contributed by atoms with van der Waals surface area (Å²) in [4.78, 5) is 79.9. The van der Waals surface area contributed by atoms with E-state index in [9.17, 15) is 29.1 Å². The minimum Gasteiger partial charge on any atom is -0.507 e. The van der Waals surface area contributed by atoms with Crippen molar-refractivity contribution in [3.8, 4) is 28.7 Å². The lowest BCUT2D eigenvalue weighted by atomic mass is 9.63. The third kappa shape index (κ3) is 24.7. The van der Waals surface area contributed by atoms with E-state index in [1.54, 1.807) is 7.11 Å². The number of benzene rings is 15. The summed E-state index contributed by atoms with van der Waals surface area (Å²) in [5, 5.41) is 18.9. The number of aliphatic carboxylic acids is 1. The zero-order valence-electron chi connectivity index (χ0n) is 82.4. The number of hydrogen-bond acceptors (Lipinski definition) is 14. The van der Waals surface area contributed by atoms with Gasteiger partial charge < -0.3 is 48.1 Å². The van der Waals surface area contributed by atoms with Crippen LogP contribution in [0.25, 0.3) is 0 Å². The number of phenols is 1. The highest BCUT2D eigenvalue weighted by atomic mass is 32.2. The minimum atomic E-state index is -0.971. The second-order valence-electron chi connectivity index (χ2n) is 37.1. The number of fused-ring (bicyclic) bond motifs is 2. The molecule has 144 heavy (non-hydrogen) atoms. The van der Waals surface area contributed by atoms with Crippen LogP contribution in [0.15, 0.2) is 450 Å². The Morgan fingerprint density at radius 2 is 0.604 bits per heavy atom. The second kappa shape index (κ2) is 48.2. The quantitative estimate of drug-likeness (QED) is 0.0280. The topological polar surface area (TPSA) is 200 Å². The molecule has 3 heterocycles. The maximum Gasteiger partial charge on any atom is 0.344 e. The largest absolute Gasteiger partial charge is 0.507 e. The van der Waals surface area contributed by atoms with Gasteiger partial charge in [-0.05, 0) is 296 Å². The first-order valence-electron chi connectivity index (χ1n) is 49.0. The van der Waals surface area contributed by atoms with E-state index >= 15 is 0 Å². The summed E-state index contributed by atoms with van der Waals surface area (Å²) in [5.41, 5.74) is 7.69. The molecule has 8 bridgehead atoms. The Kier molecular flexibility index (Phi) is 34.1. The Labute approximate surface area is 859 Å². The average molecular weight is 2010 g/mol. The van der Waals surface area contributed by atoms with Gasteiger partial charge in [0.25, 0.3) is 0 Å². The number of rotatable bonds is 27. The molecule has 8 aliphatic rings. The monoisotopic (exact) mass is 2010 g/mol. The van der Waals surface area contributed by atoms with E-state index in [0.29, 0.717) is 28.9 Å². The standard InChI is InChI=1S/C32H33O5S.C31H31O5S.C22H20O3S.C20H18OS.C19H17OS/c1-20-13-27(38(25-9-5-3-6-10-25)26-11-7-4-8-12-26)14-21(2)30(20)35-19-29(33)37-31-23-15-22-16-24(18-23)32(34)36-28(31)17-22;1-19-15-24(37(22-9-5-3-6-10-22)23-11-7-4-8-12-23)16-20(2)28(19)34-18-27(32)35-29-21-13-14-25-26(17-21)31(33)36-30(25)29;1-16-13-20(14-17(2)22(16)25-15-21(23)24)26(18-9-5-3-6-10-18)19-11-7-4-8-12-19;1-15-13-19(14-16(2)20(15)21)22(17-9-5-3-6-10-17)18-11-7-4-8-12-18;1-20-16-12-14-19(15-13-16)21(17-8-4-2-5-9-17)18-10-6-3-7-11-18/h3-14,22-24,28,31H,15-19H2,1-2H3;3-12,15-16,21,25-26,29-30H,13-14,17-18H2,1-2H3;3-14H,15H2,1-2H3;3-14H,1-2H3;2-15H,1H3/q2*+1;;;+1/p+2. The Balaban J connectivity index is 0.000000126. The number of carbonyl (C=O) groups excluding carboxylic acids is 4. The number of phenolic OH excluding ortho intramolecular Hbond substituents is 1. The molecular weight excluding hydrogens is 1890 g/mol. The van der Waals surface area contributed by atoms with Gasteiger partial charge in [-0.25, -0.2) is 14.4 Å². The molecule has 0 spiro atoms. The van der Waals surface area contributed by atoms with Crippen molar-refractivity contribution < 1.29 is 72.1 Å².